The number of hydrogen-bond donors (Lipinski definition) is 2. The second-order valence-corrected chi connectivity index (χ2v) is 4.18. The van der Waals surface area contributed by atoms with Gasteiger partial charge in [-0.2, -0.15) is 5.10 Å². The molecule has 0 amide bonds. The molecule has 5 heteroatoms. The highest BCUT2D eigenvalue weighted by molar-refractivity contribution is 5.50. The van der Waals surface area contributed by atoms with Crippen LogP contribution >= 0.6 is 0 Å². The Balaban J connectivity index is 2.30. The largest absolute Gasteiger partial charge is 0.497 e. The van der Waals surface area contributed by atoms with Gasteiger partial charge < -0.3 is 15.8 Å². The molecular formula is C14H20N4O. The normalized spacial score (nSPS) is 10.5. The van der Waals surface area contributed by atoms with Gasteiger partial charge in [0.15, 0.2) is 0 Å². The Kier molecular flexibility index (Phi) is 4.41. The second kappa shape index (κ2) is 6.24. The molecule has 5 nitrogen and oxygen atoms in total. The van der Waals surface area contributed by atoms with Crippen LogP contribution in [0.1, 0.15) is 12.6 Å². The average molecular weight is 260 g/mol. The molecule has 0 saturated carbocycles. The fraction of sp³-hybridized carbons (Fsp3) is 0.357. The molecule has 1 heterocycles. The smallest absolute Gasteiger partial charge is 0.119 e. The maximum atomic E-state index is 5.51. The molecule has 0 saturated heterocycles. The number of aromatic nitrogens is 2. The molecule has 0 fully saturated rings. The van der Waals surface area contributed by atoms with Crippen LogP contribution in [-0.4, -0.2) is 30.0 Å². The van der Waals surface area contributed by atoms with Gasteiger partial charge in [0.2, 0.25) is 0 Å². The monoisotopic (exact) mass is 260 g/mol. The summed E-state index contributed by atoms with van der Waals surface area (Å²) in [5, 5.41) is 7.73. The molecule has 0 aliphatic rings. The first-order valence-electron chi connectivity index (χ1n) is 6.45. The van der Waals surface area contributed by atoms with Crippen molar-refractivity contribution < 1.29 is 4.74 Å². The number of nitrogens with zero attached hydrogens (tertiary/aromatic N) is 2. The molecule has 0 aliphatic heterocycles. The van der Waals surface area contributed by atoms with Crippen LogP contribution in [0.5, 0.6) is 5.75 Å². The molecule has 0 radical (unpaired) electrons. The summed E-state index contributed by atoms with van der Waals surface area (Å²) in [4.78, 5) is 0. The number of hydrogen-bond acceptors (Lipinski definition) is 4. The molecular weight excluding hydrogens is 240 g/mol. The third-order valence-electron chi connectivity index (χ3n) is 2.98. The van der Waals surface area contributed by atoms with Crippen LogP contribution in [-0.2, 0) is 6.42 Å². The van der Waals surface area contributed by atoms with E-state index in [9.17, 15) is 0 Å². The number of methoxy groups -OCH3 is 1. The minimum atomic E-state index is 0.608. The summed E-state index contributed by atoms with van der Waals surface area (Å²) < 4.78 is 7.11. The molecule has 0 aliphatic carbocycles. The maximum absolute atomic E-state index is 5.51. The lowest BCUT2D eigenvalue weighted by Gasteiger charge is -2.09. The fourth-order valence-corrected chi connectivity index (χ4v) is 2.01. The van der Waals surface area contributed by atoms with E-state index in [0.29, 0.717) is 6.54 Å². The summed E-state index contributed by atoms with van der Waals surface area (Å²) in [5.74, 6) is 0.843. The first-order valence-corrected chi connectivity index (χ1v) is 6.45. The van der Waals surface area contributed by atoms with Crippen molar-refractivity contribution >= 4 is 5.69 Å². The van der Waals surface area contributed by atoms with E-state index in [2.05, 4.69) is 17.3 Å². The Labute approximate surface area is 113 Å². The molecule has 1 aromatic heterocycles. The Bertz CT molecular complexity index is 519. The maximum Gasteiger partial charge on any atom is 0.119 e. The molecule has 0 unspecified atom stereocenters. The number of nitrogens with two attached hydrogens (primary N) is 1. The van der Waals surface area contributed by atoms with E-state index in [4.69, 9.17) is 10.5 Å². The number of benzene rings is 1. The second-order valence-electron chi connectivity index (χ2n) is 4.18. The van der Waals surface area contributed by atoms with E-state index in [1.54, 1.807) is 7.11 Å². The minimum Gasteiger partial charge on any atom is -0.497 e. The van der Waals surface area contributed by atoms with Gasteiger partial charge in [0.05, 0.1) is 30.4 Å². The molecule has 2 rings (SSSR count). The highest BCUT2D eigenvalue weighted by atomic mass is 16.5. The predicted octanol–water partition coefficient (Wildman–Crippen LogP) is 1.81. The third kappa shape index (κ3) is 2.88. The van der Waals surface area contributed by atoms with Crippen LogP contribution in [0.3, 0.4) is 0 Å². The molecule has 2 aromatic rings. The molecule has 102 valence electrons. The summed E-state index contributed by atoms with van der Waals surface area (Å²) in [7, 11) is 1.66. The van der Waals surface area contributed by atoms with Gasteiger partial charge in [0.1, 0.15) is 5.75 Å². The lowest BCUT2D eigenvalue weighted by molar-refractivity contribution is 0.414. The van der Waals surface area contributed by atoms with E-state index >= 15 is 0 Å². The SMILES string of the molecule is CCc1c(NCCN)cnn1-c1ccc(OC)cc1. The summed E-state index contributed by atoms with van der Waals surface area (Å²) in [5.41, 5.74) is 8.74. The van der Waals surface area contributed by atoms with Gasteiger partial charge in [-0.1, -0.05) is 6.92 Å². The summed E-state index contributed by atoms with van der Waals surface area (Å²) in [6.45, 7) is 3.48. The summed E-state index contributed by atoms with van der Waals surface area (Å²) in [6.07, 6.45) is 2.75. The fourth-order valence-electron chi connectivity index (χ4n) is 2.01. The number of ether oxygens (including phenoxy) is 1. The quantitative estimate of drug-likeness (QED) is 0.831. The van der Waals surface area contributed by atoms with Gasteiger partial charge >= 0.3 is 0 Å². The third-order valence-corrected chi connectivity index (χ3v) is 2.98. The Morgan fingerprint density at radius 2 is 2.05 bits per heavy atom. The van der Waals surface area contributed by atoms with Crippen molar-refractivity contribution in [3.8, 4) is 11.4 Å². The highest BCUT2D eigenvalue weighted by Gasteiger charge is 2.10. The standard InChI is InChI=1S/C14H20N4O/c1-3-14-13(16-9-8-15)10-17-18(14)11-4-6-12(19-2)7-5-11/h4-7,10,16H,3,8-9,15H2,1-2H3. The number of nitrogens with one attached hydrogen (secondary N) is 1. The van der Waals surface area contributed by atoms with Crippen LogP contribution in [0.4, 0.5) is 5.69 Å². The van der Waals surface area contributed by atoms with Crippen molar-refractivity contribution in [2.24, 2.45) is 5.73 Å². The molecule has 3 N–H and O–H groups in total. The van der Waals surface area contributed by atoms with Crippen LogP contribution in [0.25, 0.3) is 5.69 Å². The Morgan fingerprint density at radius 3 is 2.63 bits per heavy atom. The van der Waals surface area contributed by atoms with Crippen LogP contribution in [0, 0.1) is 0 Å². The molecule has 0 spiro atoms. The van der Waals surface area contributed by atoms with Gasteiger partial charge in [-0.25, -0.2) is 4.68 Å². The van der Waals surface area contributed by atoms with Crippen molar-refractivity contribution in [1.82, 2.24) is 9.78 Å². The van der Waals surface area contributed by atoms with E-state index in [0.717, 1.165) is 35.8 Å². The van der Waals surface area contributed by atoms with Crippen molar-refractivity contribution in [1.29, 1.82) is 0 Å². The zero-order valence-electron chi connectivity index (χ0n) is 11.4. The van der Waals surface area contributed by atoms with Crippen molar-refractivity contribution in [2.75, 3.05) is 25.5 Å². The summed E-state index contributed by atoms with van der Waals surface area (Å²) >= 11 is 0. The van der Waals surface area contributed by atoms with Gasteiger partial charge in [0.25, 0.3) is 0 Å². The first-order chi connectivity index (χ1) is 9.30. The van der Waals surface area contributed by atoms with Crippen molar-refractivity contribution in [2.45, 2.75) is 13.3 Å². The van der Waals surface area contributed by atoms with E-state index in [-0.39, 0.29) is 0 Å². The van der Waals surface area contributed by atoms with Gasteiger partial charge in [-0.3, -0.25) is 0 Å². The number of anilines is 1. The lowest BCUT2D eigenvalue weighted by Crippen LogP contribution is -2.14. The highest BCUT2D eigenvalue weighted by Crippen LogP contribution is 2.21. The van der Waals surface area contributed by atoms with Crippen molar-refractivity contribution in [3.63, 3.8) is 0 Å². The molecule has 0 bridgehead atoms. The van der Waals surface area contributed by atoms with Gasteiger partial charge in [-0.15, -0.1) is 0 Å². The van der Waals surface area contributed by atoms with Gasteiger partial charge in [0, 0.05) is 13.1 Å². The van der Waals surface area contributed by atoms with Crippen LogP contribution < -0.4 is 15.8 Å². The first kappa shape index (κ1) is 13.4. The van der Waals surface area contributed by atoms with Crippen molar-refractivity contribution in [3.05, 3.63) is 36.2 Å². The Hall–Kier alpha value is -2.01. The van der Waals surface area contributed by atoms with E-state index in [1.165, 1.54) is 0 Å². The van der Waals surface area contributed by atoms with Crippen LogP contribution in [0.15, 0.2) is 30.5 Å². The minimum absolute atomic E-state index is 0.608. The zero-order chi connectivity index (χ0) is 13.7. The van der Waals surface area contributed by atoms with Gasteiger partial charge in [-0.05, 0) is 30.7 Å². The topological polar surface area (TPSA) is 65.1 Å². The van der Waals surface area contributed by atoms with Crippen LogP contribution in [0.2, 0.25) is 0 Å². The van der Waals surface area contributed by atoms with E-state index < -0.39 is 0 Å². The van der Waals surface area contributed by atoms with E-state index in [1.807, 2.05) is 35.1 Å². The molecule has 0 atom stereocenters. The lowest BCUT2D eigenvalue weighted by atomic mass is 10.2. The molecule has 19 heavy (non-hydrogen) atoms. The predicted molar refractivity (Wildman–Crippen MR) is 77.0 cm³/mol. The molecule has 1 aromatic carbocycles. The zero-order valence-corrected chi connectivity index (χ0v) is 11.4. The number of rotatable bonds is 6. The average Bonchev–Trinajstić information content (AvgIpc) is 2.88. The Morgan fingerprint density at radius 1 is 1.32 bits per heavy atom. The summed E-state index contributed by atoms with van der Waals surface area (Å²) in [6, 6.07) is 7.86.